The minimum Gasteiger partial charge on any atom is -0.496 e. The van der Waals surface area contributed by atoms with Crippen LogP contribution >= 0.6 is 15.9 Å². The SMILES string of the molecule is COc1ccc(-n2cc(C(O)c3c(C4CC4)ncc4cncn34)nn2)cc1Br. The van der Waals surface area contributed by atoms with E-state index in [-0.39, 0.29) is 0 Å². The quantitative estimate of drug-likeness (QED) is 0.512. The topological polar surface area (TPSA) is 90.4 Å². The number of imidazole rings is 1. The van der Waals surface area contributed by atoms with E-state index in [1.54, 1.807) is 36.7 Å². The van der Waals surface area contributed by atoms with E-state index in [1.807, 2.05) is 22.6 Å². The number of methoxy groups -OCH3 is 1. The molecule has 8 nitrogen and oxygen atoms in total. The zero-order chi connectivity index (χ0) is 19.3. The summed E-state index contributed by atoms with van der Waals surface area (Å²) in [6.07, 6.45) is 8.17. The van der Waals surface area contributed by atoms with Crippen LogP contribution in [0.3, 0.4) is 0 Å². The molecule has 3 heterocycles. The van der Waals surface area contributed by atoms with Crippen LogP contribution in [0.25, 0.3) is 11.2 Å². The second-order valence-corrected chi connectivity index (χ2v) is 7.66. The van der Waals surface area contributed by atoms with E-state index in [9.17, 15) is 5.11 Å². The third-order valence-electron chi connectivity index (χ3n) is 4.94. The number of benzene rings is 1. The number of ether oxygens (including phenoxy) is 1. The van der Waals surface area contributed by atoms with Crippen molar-refractivity contribution in [2.24, 2.45) is 0 Å². The molecule has 1 aliphatic carbocycles. The van der Waals surface area contributed by atoms with Gasteiger partial charge in [-0.15, -0.1) is 5.10 Å². The monoisotopic (exact) mass is 440 g/mol. The fourth-order valence-corrected chi connectivity index (χ4v) is 3.87. The number of aliphatic hydroxyl groups excluding tert-OH is 1. The average molecular weight is 441 g/mol. The molecule has 142 valence electrons. The Bertz CT molecular complexity index is 1170. The fourth-order valence-electron chi connectivity index (χ4n) is 3.34. The smallest absolute Gasteiger partial charge is 0.142 e. The molecule has 1 atom stereocenters. The van der Waals surface area contributed by atoms with E-state index in [2.05, 4.69) is 36.2 Å². The zero-order valence-electron chi connectivity index (χ0n) is 15.0. The van der Waals surface area contributed by atoms with Crippen molar-refractivity contribution in [3.63, 3.8) is 0 Å². The van der Waals surface area contributed by atoms with Gasteiger partial charge in [-0.25, -0.2) is 9.67 Å². The molecule has 0 spiro atoms. The van der Waals surface area contributed by atoms with Crippen molar-refractivity contribution in [2.75, 3.05) is 7.11 Å². The number of fused-ring (bicyclic) bond motifs is 1. The van der Waals surface area contributed by atoms with Gasteiger partial charge in [0, 0.05) is 5.92 Å². The second-order valence-electron chi connectivity index (χ2n) is 6.80. The van der Waals surface area contributed by atoms with Crippen LogP contribution in [0.4, 0.5) is 0 Å². The number of nitrogens with zero attached hydrogens (tertiary/aromatic N) is 6. The summed E-state index contributed by atoms with van der Waals surface area (Å²) in [5.41, 5.74) is 3.71. The summed E-state index contributed by atoms with van der Waals surface area (Å²) in [6, 6.07) is 5.61. The maximum atomic E-state index is 11.1. The highest BCUT2D eigenvalue weighted by molar-refractivity contribution is 9.10. The lowest BCUT2D eigenvalue weighted by Crippen LogP contribution is -2.11. The number of rotatable bonds is 5. The molecule has 28 heavy (non-hydrogen) atoms. The van der Waals surface area contributed by atoms with E-state index in [4.69, 9.17) is 4.74 Å². The molecule has 1 fully saturated rings. The van der Waals surface area contributed by atoms with Gasteiger partial charge in [0.2, 0.25) is 0 Å². The highest BCUT2D eigenvalue weighted by Gasteiger charge is 2.32. The zero-order valence-corrected chi connectivity index (χ0v) is 16.6. The van der Waals surface area contributed by atoms with Crippen molar-refractivity contribution in [2.45, 2.75) is 24.9 Å². The Morgan fingerprint density at radius 2 is 2.14 bits per heavy atom. The molecule has 0 amide bonds. The molecular weight excluding hydrogens is 424 g/mol. The van der Waals surface area contributed by atoms with Crippen LogP contribution < -0.4 is 4.74 Å². The lowest BCUT2D eigenvalue weighted by atomic mass is 10.1. The molecule has 3 aromatic heterocycles. The van der Waals surface area contributed by atoms with Crippen molar-refractivity contribution in [3.8, 4) is 11.4 Å². The Labute approximate surface area is 168 Å². The van der Waals surface area contributed by atoms with Gasteiger partial charge < -0.3 is 9.84 Å². The first kappa shape index (κ1) is 17.3. The highest BCUT2D eigenvalue weighted by Crippen LogP contribution is 2.42. The summed E-state index contributed by atoms with van der Waals surface area (Å²) in [5, 5.41) is 19.5. The van der Waals surface area contributed by atoms with Crippen LogP contribution in [-0.4, -0.2) is 41.6 Å². The van der Waals surface area contributed by atoms with Crippen LogP contribution in [0.5, 0.6) is 5.75 Å². The lowest BCUT2D eigenvalue weighted by molar-refractivity contribution is 0.206. The summed E-state index contributed by atoms with van der Waals surface area (Å²) >= 11 is 3.48. The van der Waals surface area contributed by atoms with Gasteiger partial charge in [-0.2, -0.15) is 0 Å². The van der Waals surface area contributed by atoms with Gasteiger partial charge in [0.1, 0.15) is 17.5 Å². The number of aliphatic hydroxyl groups is 1. The van der Waals surface area contributed by atoms with Gasteiger partial charge >= 0.3 is 0 Å². The van der Waals surface area contributed by atoms with Crippen molar-refractivity contribution >= 4 is 21.4 Å². The molecular formula is C19H17BrN6O2. The van der Waals surface area contributed by atoms with Crippen LogP contribution in [0, 0.1) is 0 Å². The predicted octanol–water partition coefficient (Wildman–Crippen LogP) is 3.04. The normalized spacial score (nSPS) is 15.1. The van der Waals surface area contributed by atoms with Crippen molar-refractivity contribution in [1.82, 2.24) is 29.4 Å². The van der Waals surface area contributed by atoms with Gasteiger partial charge in [0.25, 0.3) is 0 Å². The summed E-state index contributed by atoms with van der Waals surface area (Å²) in [4.78, 5) is 8.78. The van der Waals surface area contributed by atoms with Crippen LogP contribution in [0.1, 0.15) is 41.9 Å². The van der Waals surface area contributed by atoms with E-state index in [0.29, 0.717) is 17.3 Å². The van der Waals surface area contributed by atoms with E-state index in [0.717, 1.165) is 40.0 Å². The maximum Gasteiger partial charge on any atom is 0.142 e. The molecule has 1 aliphatic rings. The fraction of sp³-hybridized carbons (Fsp3) is 0.263. The standard InChI is InChI=1S/C19H17BrN6O2/c1-28-16-5-4-12(6-14(16)20)26-9-15(23-24-26)19(27)18-17(11-2-3-11)22-8-13-7-21-10-25(13)18/h4-11,19,27H,2-3H2,1H3. The molecule has 0 bridgehead atoms. The van der Waals surface area contributed by atoms with Crippen LogP contribution in [0.2, 0.25) is 0 Å². The van der Waals surface area contributed by atoms with Crippen LogP contribution in [0.15, 0.2) is 47.6 Å². The third kappa shape index (κ3) is 2.87. The first-order chi connectivity index (χ1) is 13.7. The van der Waals surface area contributed by atoms with Gasteiger partial charge in [0.05, 0.1) is 59.1 Å². The number of hydrogen-bond acceptors (Lipinski definition) is 6. The Kier molecular flexibility index (Phi) is 4.13. The first-order valence-electron chi connectivity index (χ1n) is 8.91. The lowest BCUT2D eigenvalue weighted by Gasteiger charge is -2.15. The molecule has 5 rings (SSSR count). The van der Waals surface area contributed by atoms with Crippen LogP contribution in [-0.2, 0) is 0 Å². The molecule has 1 N–H and O–H groups in total. The van der Waals surface area contributed by atoms with Crippen molar-refractivity contribution in [3.05, 3.63) is 64.7 Å². The Morgan fingerprint density at radius 1 is 1.29 bits per heavy atom. The molecule has 1 aromatic carbocycles. The molecule has 0 aliphatic heterocycles. The van der Waals surface area contributed by atoms with Gasteiger partial charge in [-0.1, -0.05) is 5.21 Å². The number of hydrogen-bond donors (Lipinski definition) is 1. The minimum absolute atomic E-state index is 0.379. The molecule has 4 aromatic rings. The van der Waals surface area contributed by atoms with Gasteiger partial charge in [-0.3, -0.25) is 9.38 Å². The Hall–Kier alpha value is -2.78. The summed E-state index contributed by atoms with van der Waals surface area (Å²) in [5.74, 6) is 1.11. The number of halogens is 1. The van der Waals surface area contributed by atoms with Crippen molar-refractivity contribution < 1.29 is 9.84 Å². The Balaban J connectivity index is 1.55. The van der Waals surface area contributed by atoms with E-state index < -0.39 is 6.10 Å². The van der Waals surface area contributed by atoms with Gasteiger partial charge in [0.15, 0.2) is 0 Å². The van der Waals surface area contributed by atoms with Crippen molar-refractivity contribution in [1.29, 1.82) is 0 Å². The first-order valence-corrected chi connectivity index (χ1v) is 9.70. The highest BCUT2D eigenvalue weighted by atomic mass is 79.9. The van der Waals surface area contributed by atoms with E-state index in [1.165, 1.54) is 0 Å². The minimum atomic E-state index is -0.948. The maximum absolute atomic E-state index is 11.1. The van der Waals surface area contributed by atoms with Gasteiger partial charge in [-0.05, 0) is 47.0 Å². The number of aromatic nitrogens is 6. The predicted molar refractivity (Wildman–Crippen MR) is 105 cm³/mol. The third-order valence-corrected chi connectivity index (χ3v) is 5.56. The molecule has 1 unspecified atom stereocenters. The summed E-state index contributed by atoms with van der Waals surface area (Å²) in [7, 11) is 1.62. The summed E-state index contributed by atoms with van der Waals surface area (Å²) < 4.78 is 9.59. The molecule has 0 saturated heterocycles. The second kappa shape index (κ2) is 6.68. The average Bonchev–Trinajstić information content (AvgIpc) is 3.24. The molecule has 1 saturated carbocycles. The molecule has 0 radical (unpaired) electrons. The molecule has 9 heteroatoms. The Morgan fingerprint density at radius 3 is 2.89 bits per heavy atom. The largest absolute Gasteiger partial charge is 0.496 e. The summed E-state index contributed by atoms with van der Waals surface area (Å²) in [6.45, 7) is 0. The van der Waals surface area contributed by atoms with E-state index >= 15 is 0 Å².